The van der Waals surface area contributed by atoms with Gasteiger partial charge in [-0.15, -0.1) is 0 Å². The molecule has 4 aliphatic carbocycles. The number of carbonyl (C=O) groups excluding carboxylic acids is 2. The Bertz CT molecular complexity index is 3620. The molecular weight excluding hydrogens is 1120 g/mol. The van der Waals surface area contributed by atoms with Gasteiger partial charge in [0, 0.05) is 72.9 Å². The Morgan fingerprint density at radius 3 is 2.41 bits per heavy atom. The molecule has 4 fully saturated rings. The lowest BCUT2D eigenvalue weighted by Gasteiger charge is -2.69. The number of fused-ring (bicyclic) bond motifs is 2. The van der Waals surface area contributed by atoms with E-state index in [-0.39, 0.29) is 72.4 Å². The van der Waals surface area contributed by atoms with Crippen LogP contribution in [-0.2, 0) is 43.3 Å². The second-order valence-electron chi connectivity index (χ2n) is 23.7. The van der Waals surface area contributed by atoms with Crippen molar-refractivity contribution >= 4 is 56.4 Å². The lowest BCUT2D eigenvalue weighted by Crippen LogP contribution is -2.64. The van der Waals surface area contributed by atoms with Crippen molar-refractivity contribution in [1.29, 1.82) is 0 Å². The van der Waals surface area contributed by atoms with Gasteiger partial charge in [-0.1, -0.05) is 49.4 Å². The number of aliphatic hydroxyl groups is 3. The lowest BCUT2D eigenvalue weighted by atomic mass is 9.39. The number of benzene rings is 3. The smallest absolute Gasteiger partial charge is 0.409 e. The number of anilines is 2. The van der Waals surface area contributed by atoms with Crippen molar-refractivity contribution in [2.75, 3.05) is 63.3 Å². The van der Waals surface area contributed by atoms with Crippen LogP contribution in [0.4, 0.5) is 20.4 Å². The van der Waals surface area contributed by atoms with Gasteiger partial charge in [0.1, 0.15) is 24.7 Å². The Balaban J connectivity index is 0.741. The molecule has 3 amide bonds. The summed E-state index contributed by atoms with van der Waals surface area (Å²) >= 11 is 1.41. The zero-order chi connectivity index (χ0) is 60.0. The van der Waals surface area contributed by atoms with E-state index in [4.69, 9.17) is 44.2 Å². The fourth-order valence-electron chi connectivity index (χ4n) is 14.3. The molecule has 5 heterocycles. The van der Waals surface area contributed by atoms with Gasteiger partial charge >= 0.3 is 30.4 Å². The lowest BCUT2D eigenvalue weighted by molar-refractivity contribution is -0.248. The van der Waals surface area contributed by atoms with Crippen LogP contribution >= 0.6 is 11.3 Å². The monoisotopic (exact) mass is 1180 g/mol. The number of carboxylic acids is 2. The summed E-state index contributed by atoms with van der Waals surface area (Å²) in [5.41, 5.74) is 10.9. The fraction of sp³-hybridized carbons (Fsp3) is 0.426. The van der Waals surface area contributed by atoms with Crippen LogP contribution in [0.5, 0.6) is 11.5 Å². The number of urea groups is 1. The van der Waals surface area contributed by atoms with Gasteiger partial charge in [0.25, 0.3) is 5.76 Å². The number of carboxylic acid groups (broad SMARTS) is 2. The number of aromatic carboxylic acids is 1. The molecule has 3 aromatic carbocycles. The van der Waals surface area contributed by atoms with E-state index in [1.807, 2.05) is 60.1 Å². The number of amides is 3. The number of hydrogen-bond donors (Lipinski definition) is 7. The average molecular weight is 1190 g/mol. The maximum absolute atomic E-state index is 13.8. The highest BCUT2D eigenvalue weighted by Crippen LogP contribution is 2.72. The van der Waals surface area contributed by atoms with Crippen molar-refractivity contribution in [3.8, 4) is 33.9 Å². The number of ether oxygens (including phenoxy) is 6. The molecule has 5 atom stereocenters. The molecule has 4 saturated carbocycles. The number of nitrogens with zero attached hydrogens (tertiary/aromatic N) is 6. The van der Waals surface area contributed by atoms with Crippen LogP contribution in [0.15, 0.2) is 102 Å². The first-order valence-electron chi connectivity index (χ1n) is 28.2. The molecule has 448 valence electrons. The molecule has 3 aromatic heterocycles. The summed E-state index contributed by atoms with van der Waals surface area (Å²) in [5, 5.41) is 59.0. The first kappa shape index (κ1) is 58.3. The van der Waals surface area contributed by atoms with Crippen LogP contribution in [-0.4, -0.2) is 139 Å². The zero-order valence-electron chi connectivity index (χ0n) is 47.6. The van der Waals surface area contributed by atoms with E-state index in [2.05, 4.69) is 24.1 Å². The summed E-state index contributed by atoms with van der Waals surface area (Å²) in [6.45, 7) is 8.89. The predicted molar refractivity (Wildman–Crippen MR) is 312 cm³/mol. The van der Waals surface area contributed by atoms with Gasteiger partial charge in [0.15, 0.2) is 10.8 Å². The number of carbonyl (C=O) groups is 4. The molecule has 0 spiro atoms. The van der Waals surface area contributed by atoms with Gasteiger partial charge in [0.2, 0.25) is 17.3 Å². The Morgan fingerprint density at radius 2 is 1.66 bits per heavy atom. The Kier molecular flexibility index (Phi) is 15.9. The number of likely N-dealkylation sites (N-methyl/N-ethyl adjacent to an activating group) is 1. The summed E-state index contributed by atoms with van der Waals surface area (Å²) < 4.78 is 37.9. The normalized spacial score (nSPS) is 23.2. The van der Waals surface area contributed by atoms with Crippen LogP contribution < -0.4 is 25.4 Å². The molecular formula is C61H68N8O15S. The molecule has 12 rings (SSSR count). The van der Waals surface area contributed by atoms with E-state index in [9.17, 15) is 44.7 Å². The van der Waals surface area contributed by atoms with Gasteiger partial charge in [-0.05, 0) is 123 Å². The highest BCUT2D eigenvalue weighted by atomic mass is 32.1. The van der Waals surface area contributed by atoms with E-state index in [1.165, 1.54) is 34.4 Å². The van der Waals surface area contributed by atoms with Crippen molar-refractivity contribution in [1.82, 2.24) is 24.6 Å². The number of aliphatic hydroxyl groups excluding tert-OH is 3. The average Bonchev–Trinajstić information content (AvgIpc) is 0.954. The minimum Gasteiger partial charge on any atom is -0.503 e. The quantitative estimate of drug-likeness (QED) is 0.0330. The molecule has 8 N–H and O–H groups in total. The Morgan fingerprint density at radius 1 is 0.871 bits per heavy atom. The number of aromatic nitrogens is 4. The van der Waals surface area contributed by atoms with E-state index < -0.39 is 53.0 Å². The number of aryl methyl sites for hydroxylation is 1. The number of hydrogen-bond acceptors (Lipinski definition) is 18. The number of para-hydroxylation sites is 1. The van der Waals surface area contributed by atoms with Crippen molar-refractivity contribution < 1.29 is 73.1 Å². The summed E-state index contributed by atoms with van der Waals surface area (Å²) in [6, 6.07) is 21.2. The number of rotatable bonds is 21. The van der Waals surface area contributed by atoms with Crippen molar-refractivity contribution in [2.45, 2.75) is 97.2 Å². The largest absolute Gasteiger partial charge is 0.503 e. The highest BCUT2D eigenvalue weighted by molar-refractivity contribution is 7.22. The predicted octanol–water partition coefficient (Wildman–Crippen LogP) is 9.89. The third kappa shape index (κ3) is 12.0. The summed E-state index contributed by atoms with van der Waals surface area (Å²) in [7, 11) is 1.63. The summed E-state index contributed by atoms with van der Waals surface area (Å²) in [6.07, 6.45) is 6.42. The topological polar surface area (TPSA) is 313 Å². The van der Waals surface area contributed by atoms with E-state index in [0.29, 0.717) is 59.3 Å². The van der Waals surface area contributed by atoms with E-state index in [1.54, 1.807) is 24.2 Å². The number of nitrogens with one attached hydrogen (secondary N) is 1. The molecule has 85 heavy (non-hydrogen) atoms. The molecule has 4 bridgehead atoms. The summed E-state index contributed by atoms with van der Waals surface area (Å²) in [4.78, 5) is 64.5. The SMILES string of the molecule is Cc1c(-c2ccc(-c3ccc4c(c3)N(C(=O)Nc3nc5ccccc5s3)CCC4)nc2C(=O)O)cnn1CC12CC3(C)C[C@@](C)(C1)C[C@@](OCCN(C)C(=O)OCc1ccc(O[C@H]4OC(C(=O)O)=C(O)C(O)=C4O)cc1OCCOCCN)(C3)C2. The Labute approximate surface area is 493 Å². The van der Waals surface area contributed by atoms with Gasteiger partial charge in [-0.25, -0.2) is 29.1 Å². The maximum atomic E-state index is 13.8. The standard InChI is InChI=1S/C61H68N8O15S/c1-35-41(40-15-16-42(64-47(40)52(73)74)37-12-11-36-8-7-18-68(44(36)24-37)56(77)66-55-65-43-9-5-6-10-46(43)85-55)26-63-69(35)34-60-29-58(2)28-59(3,30-60)32-61(31-58,33-60)82-21-19-67(4)57(78)81-27-38-13-14-39(25-45(38)80-23-22-79-20-17-62)83-54-50(72)48(70)49(71)51(84-54)53(75)76/h5-6,9-16,24-26,54,70-72H,7-8,17-23,27-34,62H2,1-4H3,(H,73,74)(H,75,76)(H,65,66,77)/t54-,58-,59?,60?,61+/m0/s1. The molecule has 0 saturated heterocycles. The van der Waals surface area contributed by atoms with Crippen molar-refractivity contribution in [2.24, 2.45) is 22.0 Å². The third-order valence-electron chi connectivity index (χ3n) is 16.7. The molecule has 2 aliphatic heterocycles. The maximum Gasteiger partial charge on any atom is 0.409 e. The van der Waals surface area contributed by atoms with E-state index in [0.717, 1.165) is 78.5 Å². The highest BCUT2D eigenvalue weighted by Gasteiger charge is 2.66. The molecule has 6 aliphatic rings. The number of aliphatic carboxylic acids is 1. The number of thiazole rings is 1. The fourth-order valence-corrected chi connectivity index (χ4v) is 15.1. The third-order valence-corrected chi connectivity index (χ3v) is 17.7. The molecule has 6 aromatic rings. The molecule has 24 heteroatoms. The minimum atomic E-state index is -1.83. The van der Waals surface area contributed by atoms with Crippen LogP contribution in [0.1, 0.15) is 86.1 Å². The van der Waals surface area contributed by atoms with Crippen molar-refractivity contribution in [3.63, 3.8) is 0 Å². The van der Waals surface area contributed by atoms with Gasteiger partial charge in [0.05, 0.1) is 47.5 Å². The number of nitrogens with two attached hydrogens (primary N) is 1. The van der Waals surface area contributed by atoms with Gasteiger partial charge < -0.3 is 64.6 Å². The van der Waals surface area contributed by atoms with Gasteiger partial charge in [-0.2, -0.15) is 5.10 Å². The zero-order valence-corrected chi connectivity index (χ0v) is 48.4. The first-order chi connectivity index (χ1) is 40.6. The number of pyridine rings is 1. The van der Waals surface area contributed by atoms with Crippen LogP contribution in [0, 0.1) is 23.2 Å². The first-order valence-corrected chi connectivity index (χ1v) is 29.0. The van der Waals surface area contributed by atoms with Crippen LogP contribution in [0.3, 0.4) is 0 Å². The second kappa shape index (κ2) is 23.2. The van der Waals surface area contributed by atoms with Gasteiger partial charge in [-0.3, -0.25) is 14.9 Å². The second-order valence-corrected chi connectivity index (χ2v) is 24.7. The van der Waals surface area contributed by atoms with Crippen molar-refractivity contribution in [3.05, 3.63) is 125 Å². The van der Waals surface area contributed by atoms with Crippen LogP contribution in [0.2, 0.25) is 0 Å². The minimum absolute atomic E-state index is 0.00731. The Hall–Kier alpha value is -8.45. The summed E-state index contributed by atoms with van der Waals surface area (Å²) in [5.74, 6) is -6.96. The van der Waals surface area contributed by atoms with E-state index >= 15 is 0 Å². The molecule has 23 nitrogen and oxygen atoms in total. The molecule has 0 radical (unpaired) electrons. The molecule has 2 unspecified atom stereocenters. The van der Waals surface area contributed by atoms with Crippen LogP contribution in [0.25, 0.3) is 32.6 Å².